The number of rotatable bonds is 2. The maximum atomic E-state index is 12.2. The normalized spacial score (nSPS) is 20.9. The molecule has 2 unspecified atom stereocenters. The van der Waals surface area contributed by atoms with Crippen molar-refractivity contribution in [1.82, 2.24) is 4.90 Å². The van der Waals surface area contributed by atoms with Gasteiger partial charge in [-0.1, -0.05) is 46.3 Å². The maximum absolute atomic E-state index is 12.2. The van der Waals surface area contributed by atoms with Crippen LogP contribution in [0.1, 0.15) is 23.2 Å². The standard InChI is InChI=1S/C13H13BrN2O/c14-12(10-5-2-1-3-6-10)13(17)16-8-4-7-11(16)9-15/h1-3,5-6,11-12H,4,7-8H2. The molecule has 0 saturated carbocycles. The third kappa shape index (κ3) is 2.50. The zero-order chi connectivity index (χ0) is 12.3. The van der Waals surface area contributed by atoms with Gasteiger partial charge in [-0.05, 0) is 18.4 Å². The average molecular weight is 293 g/mol. The van der Waals surface area contributed by atoms with Crippen LogP contribution in [0.15, 0.2) is 30.3 Å². The second-order valence-electron chi connectivity index (χ2n) is 4.09. The van der Waals surface area contributed by atoms with E-state index in [1.165, 1.54) is 0 Å². The van der Waals surface area contributed by atoms with Crippen LogP contribution >= 0.6 is 15.9 Å². The van der Waals surface area contributed by atoms with Crippen molar-refractivity contribution in [3.05, 3.63) is 35.9 Å². The van der Waals surface area contributed by atoms with Gasteiger partial charge in [0, 0.05) is 6.54 Å². The predicted molar refractivity (Wildman–Crippen MR) is 68.5 cm³/mol. The molecule has 1 fully saturated rings. The van der Waals surface area contributed by atoms with Crippen molar-refractivity contribution in [2.75, 3.05) is 6.54 Å². The Balaban J connectivity index is 2.13. The fraction of sp³-hybridized carbons (Fsp3) is 0.385. The Bertz CT molecular complexity index is 440. The molecule has 0 radical (unpaired) electrons. The van der Waals surface area contributed by atoms with Crippen LogP contribution in [0.3, 0.4) is 0 Å². The summed E-state index contributed by atoms with van der Waals surface area (Å²) in [5.41, 5.74) is 0.932. The van der Waals surface area contributed by atoms with Crippen molar-refractivity contribution in [1.29, 1.82) is 5.26 Å². The zero-order valence-corrected chi connectivity index (χ0v) is 10.9. The molecule has 1 aromatic rings. The van der Waals surface area contributed by atoms with E-state index in [0.717, 1.165) is 18.4 Å². The lowest BCUT2D eigenvalue weighted by Gasteiger charge is -2.22. The number of halogens is 1. The van der Waals surface area contributed by atoms with Crippen LogP contribution in [0.25, 0.3) is 0 Å². The summed E-state index contributed by atoms with van der Waals surface area (Å²) in [4.78, 5) is 13.6. The fourth-order valence-corrected chi connectivity index (χ4v) is 2.64. The molecular formula is C13H13BrN2O. The number of amides is 1. The Morgan fingerprint density at radius 3 is 2.82 bits per heavy atom. The molecule has 4 heteroatoms. The van der Waals surface area contributed by atoms with Crippen LogP contribution in [0.4, 0.5) is 0 Å². The number of benzene rings is 1. The Morgan fingerprint density at radius 2 is 2.18 bits per heavy atom. The fourth-order valence-electron chi connectivity index (χ4n) is 2.07. The van der Waals surface area contributed by atoms with Gasteiger partial charge in [-0.2, -0.15) is 5.26 Å². The smallest absolute Gasteiger partial charge is 0.241 e. The number of alkyl halides is 1. The lowest BCUT2D eigenvalue weighted by molar-refractivity contribution is -0.130. The highest BCUT2D eigenvalue weighted by molar-refractivity contribution is 9.09. The van der Waals surface area contributed by atoms with E-state index in [4.69, 9.17) is 5.26 Å². The van der Waals surface area contributed by atoms with Crippen molar-refractivity contribution in [2.24, 2.45) is 0 Å². The van der Waals surface area contributed by atoms with Gasteiger partial charge >= 0.3 is 0 Å². The molecule has 0 aromatic heterocycles. The van der Waals surface area contributed by atoms with Gasteiger partial charge in [0.25, 0.3) is 0 Å². The van der Waals surface area contributed by atoms with Crippen molar-refractivity contribution in [2.45, 2.75) is 23.7 Å². The number of hydrogen-bond acceptors (Lipinski definition) is 2. The van der Waals surface area contributed by atoms with Gasteiger partial charge in [0.2, 0.25) is 5.91 Å². The van der Waals surface area contributed by atoms with Crippen LogP contribution < -0.4 is 0 Å². The molecule has 88 valence electrons. The summed E-state index contributed by atoms with van der Waals surface area (Å²) in [5.74, 6) is -0.0137. The third-order valence-corrected chi connectivity index (χ3v) is 3.91. The van der Waals surface area contributed by atoms with Gasteiger partial charge < -0.3 is 4.90 Å². The molecule has 2 rings (SSSR count). The molecule has 1 aromatic carbocycles. The van der Waals surface area contributed by atoms with Crippen molar-refractivity contribution < 1.29 is 4.79 Å². The van der Waals surface area contributed by atoms with Gasteiger partial charge in [-0.15, -0.1) is 0 Å². The van der Waals surface area contributed by atoms with E-state index in [1.807, 2.05) is 30.3 Å². The molecule has 0 bridgehead atoms. The molecule has 1 amide bonds. The van der Waals surface area contributed by atoms with Crippen LogP contribution in [-0.2, 0) is 4.79 Å². The van der Waals surface area contributed by atoms with Crippen molar-refractivity contribution in [3.63, 3.8) is 0 Å². The first-order valence-corrected chi connectivity index (χ1v) is 6.54. The number of carbonyl (C=O) groups is 1. The summed E-state index contributed by atoms with van der Waals surface area (Å²) in [7, 11) is 0. The molecule has 0 spiro atoms. The minimum Gasteiger partial charge on any atom is -0.325 e. The number of nitrogens with zero attached hydrogens (tertiary/aromatic N) is 2. The molecule has 17 heavy (non-hydrogen) atoms. The van der Waals surface area contributed by atoms with Crippen molar-refractivity contribution >= 4 is 21.8 Å². The lowest BCUT2D eigenvalue weighted by Crippen LogP contribution is -2.36. The Labute approximate surface area is 109 Å². The average Bonchev–Trinajstić information content (AvgIpc) is 2.86. The highest BCUT2D eigenvalue weighted by atomic mass is 79.9. The molecule has 0 N–H and O–H groups in total. The molecule has 1 aliphatic rings. The monoisotopic (exact) mass is 292 g/mol. The van der Waals surface area contributed by atoms with Gasteiger partial charge in [-0.3, -0.25) is 4.79 Å². The topological polar surface area (TPSA) is 44.1 Å². The maximum Gasteiger partial charge on any atom is 0.241 e. The molecule has 1 aliphatic heterocycles. The second-order valence-corrected chi connectivity index (χ2v) is 5.01. The largest absolute Gasteiger partial charge is 0.325 e. The summed E-state index contributed by atoms with van der Waals surface area (Å²) in [6, 6.07) is 11.5. The number of hydrogen-bond donors (Lipinski definition) is 0. The van der Waals surface area contributed by atoms with Gasteiger partial charge in [-0.25, -0.2) is 0 Å². The SMILES string of the molecule is N#CC1CCCN1C(=O)C(Br)c1ccccc1. The summed E-state index contributed by atoms with van der Waals surface area (Å²) >= 11 is 3.42. The zero-order valence-electron chi connectivity index (χ0n) is 9.34. The Hall–Kier alpha value is -1.34. The lowest BCUT2D eigenvalue weighted by atomic mass is 10.1. The Morgan fingerprint density at radius 1 is 1.47 bits per heavy atom. The Kier molecular flexibility index (Phi) is 3.80. The van der Waals surface area contributed by atoms with Crippen LogP contribution in [-0.4, -0.2) is 23.4 Å². The van der Waals surface area contributed by atoms with E-state index < -0.39 is 0 Å². The highest BCUT2D eigenvalue weighted by Crippen LogP contribution is 2.28. The third-order valence-electron chi connectivity index (χ3n) is 2.99. The molecule has 3 nitrogen and oxygen atoms in total. The van der Waals surface area contributed by atoms with Gasteiger partial charge in [0.1, 0.15) is 10.9 Å². The molecule has 1 saturated heterocycles. The summed E-state index contributed by atoms with van der Waals surface area (Å²) in [5, 5.41) is 8.98. The number of nitriles is 1. The molecule has 1 heterocycles. The minimum absolute atomic E-state index is 0.0137. The first-order chi connectivity index (χ1) is 8.24. The van der Waals surface area contributed by atoms with E-state index in [0.29, 0.717) is 6.54 Å². The van der Waals surface area contributed by atoms with E-state index in [-0.39, 0.29) is 16.8 Å². The van der Waals surface area contributed by atoms with E-state index in [9.17, 15) is 4.79 Å². The second kappa shape index (κ2) is 5.33. The van der Waals surface area contributed by atoms with Crippen LogP contribution in [0.5, 0.6) is 0 Å². The summed E-state index contributed by atoms with van der Waals surface area (Å²) in [6.45, 7) is 0.687. The first kappa shape index (κ1) is 12.1. The molecule has 0 aliphatic carbocycles. The van der Waals surface area contributed by atoms with E-state index in [1.54, 1.807) is 4.90 Å². The molecular weight excluding hydrogens is 280 g/mol. The van der Waals surface area contributed by atoms with Gasteiger partial charge in [0.05, 0.1) is 6.07 Å². The first-order valence-electron chi connectivity index (χ1n) is 5.63. The van der Waals surface area contributed by atoms with Crippen molar-refractivity contribution in [3.8, 4) is 6.07 Å². The minimum atomic E-state index is -0.349. The van der Waals surface area contributed by atoms with Gasteiger partial charge in [0.15, 0.2) is 0 Å². The van der Waals surface area contributed by atoms with E-state index >= 15 is 0 Å². The number of carbonyl (C=O) groups excluding carboxylic acids is 1. The van der Waals surface area contributed by atoms with E-state index in [2.05, 4.69) is 22.0 Å². The van der Waals surface area contributed by atoms with Crippen LogP contribution in [0, 0.1) is 11.3 Å². The summed E-state index contributed by atoms with van der Waals surface area (Å²) in [6.07, 6.45) is 1.70. The summed E-state index contributed by atoms with van der Waals surface area (Å²) < 4.78 is 0. The highest BCUT2D eigenvalue weighted by Gasteiger charge is 2.32. The van der Waals surface area contributed by atoms with Crippen LogP contribution in [0.2, 0.25) is 0 Å². The molecule has 2 atom stereocenters. The predicted octanol–water partition coefficient (Wildman–Crippen LogP) is 2.64. The number of likely N-dealkylation sites (tertiary alicyclic amines) is 1. The quantitative estimate of drug-likeness (QED) is 0.787.